The van der Waals surface area contributed by atoms with Gasteiger partial charge in [0, 0.05) is 23.7 Å². The minimum atomic E-state index is -0.111. The zero-order valence-corrected chi connectivity index (χ0v) is 11.8. The molecule has 0 bridgehead atoms. The molecular weight excluding hydrogens is 264 g/mol. The second-order valence-electron chi connectivity index (χ2n) is 4.36. The van der Waals surface area contributed by atoms with Gasteiger partial charge < -0.3 is 15.4 Å². The van der Waals surface area contributed by atoms with E-state index in [0.29, 0.717) is 23.1 Å². The Kier molecular flexibility index (Phi) is 4.45. The van der Waals surface area contributed by atoms with E-state index in [-0.39, 0.29) is 5.91 Å². The van der Waals surface area contributed by atoms with Gasteiger partial charge in [-0.3, -0.25) is 4.79 Å². The monoisotopic (exact) mass is 280 g/mol. The Morgan fingerprint density at radius 1 is 1.47 bits per heavy atom. The molecule has 5 heteroatoms. The summed E-state index contributed by atoms with van der Waals surface area (Å²) in [6, 6.07) is 5.19. The Bertz CT molecular complexity index is 520. The van der Waals surface area contributed by atoms with E-state index in [4.69, 9.17) is 16.3 Å². The van der Waals surface area contributed by atoms with Crippen molar-refractivity contribution in [3.05, 3.63) is 34.4 Å². The van der Waals surface area contributed by atoms with Crippen molar-refractivity contribution in [2.75, 3.05) is 25.0 Å². The smallest absolute Gasteiger partial charge is 0.251 e. The number of halogens is 1. The molecule has 1 aromatic carbocycles. The van der Waals surface area contributed by atoms with Gasteiger partial charge in [0.15, 0.2) is 0 Å². The number of hydrogen-bond donors (Lipinski definition) is 2. The molecule has 1 aliphatic rings. The molecule has 1 fully saturated rings. The summed E-state index contributed by atoms with van der Waals surface area (Å²) in [5.74, 6) is 0.518. The van der Waals surface area contributed by atoms with E-state index in [1.165, 1.54) is 0 Å². The van der Waals surface area contributed by atoms with Crippen LogP contribution in [0.1, 0.15) is 13.8 Å². The summed E-state index contributed by atoms with van der Waals surface area (Å²) in [7, 11) is 0. The van der Waals surface area contributed by atoms with Crippen LogP contribution < -0.4 is 15.4 Å². The molecule has 0 radical (unpaired) electrons. The highest BCUT2D eigenvalue weighted by Gasteiger charge is 2.17. The van der Waals surface area contributed by atoms with Crippen LogP contribution >= 0.6 is 11.6 Å². The Morgan fingerprint density at radius 3 is 2.79 bits per heavy atom. The molecule has 2 rings (SSSR count). The van der Waals surface area contributed by atoms with E-state index in [2.05, 4.69) is 10.6 Å². The summed E-state index contributed by atoms with van der Waals surface area (Å²) in [5, 5.41) is 6.53. The molecule has 0 atom stereocenters. The van der Waals surface area contributed by atoms with E-state index in [0.717, 1.165) is 24.2 Å². The fraction of sp³-hybridized carbons (Fsp3) is 0.357. The second-order valence-corrected chi connectivity index (χ2v) is 4.80. The van der Waals surface area contributed by atoms with Crippen LogP contribution in [0.5, 0.6) is 5.75 Å². The molecule has 1 saturated heterocycles. The summed E-state index contributed by atoms with van der Waals surface area (Å²) in [6.45, 7) is 5.83. The van der Waals surface area contributed by atoms with Gasteiger partial charge in [-0.25, -0.2) is 0 Å². The maximum absolute atomic E-state index is 12.1. The third-order valence-electron chi connectivity index (χ3n) is 3.04. The van der Waals surface area contributed by atoms with Crippen LogP contribution in [0, 0.1) is 0 Å². The van der Waals surface area contributed by atoms with Crippen molar-refractivity contribution in [1.29, 1.82) is 0 Å². The van der Waals surface area contributed by atoms with Crippen LogP contribution in [-0.2, 0) is 4.79 Å². The van der Waals surface area contributed by atoms with Gasteiger partial charge in [-0.2, -0.15) is 0 Å². The minimum Gasteiger partial charge on any atom is -0.492 e. The number of nitrogens with one attached hydrogen (secondary N) is 2. The third-order valence-corrected chi connectivity index (χ3v) is 3.27. The lowest BCUT2D eigenvalue weighted by Crippen LogP contribution is -2.36. The molecule has 0 spiro atoms. The lowest BCUT2D eigenvalue weighted by atomic mass is 10.0. The van der Waals surface area contributed by atoms with Crippen molar-refractivity contribution in [2.45, 2.75) is 13.8 Å². The number of amides is 1. The van der Waals surface area contributed by atoms with Crippen LogP contribution in [-0.4, -0.2) is 25.6 Å². The first kappa shape index (κ1) is 13.9. The number of benzene rings is 1. The molecule has 0 unspecified atom stereocenters. The van der Waals surface area contributed by atoms with Crippen molar-refractivity contribution < 1.29 is 9.53 Å². The van der Waals surface area contributed by atoms with Crippen LogP contribution in [0.2, 0.25) is 5.02 Å². The van der Waals surface area contributed by atoms with Crippen molar-refractivity contribution >= 4 is 23.2 Å². The van der Waals surface area contributed by atoms with Crippen molar-refractivity contribution in [1.82, 2.24) is 5.32 Å². The predicted octanol–water partition coefficient (Wildman–Crippen LogP) is 2.60. The van der Waals surface area contributed by atoms with Gasteiger partial charge in [0.2, 0.25) is 0 Å². The van der Waals surface area contributed by atoms with Gasteiger partial charge in [-0.05, 0) is 37.6 Å². The lowest BCUT2D eigenvalue weighted by Gasteiger charge is -2.21. The Balaban J connectivity index is 2.17. The zero-order valence-electron chi connectivity index (χ0n) is 11.0. The third kappa shape index (κ3) is 3.28. The van der Waals surface area contributed by atoms with E-state index in [1.807, 2.05) is 13.8 Å². The number of carbonyl (C=O) groups excluding carboxylic acids is 1. The highest BCUT2D eigenvalue weighted by atomic mass is 35.5. The highest BCUT2D eigenvalue weighted by Crippen LogP contribution is 2.28. The maximum atomic E-state index is 12.1. The molecule has 1 heterocycles. The van der Waals surface area contributed by atoms with E-state index in [9.17, 15) is 4.79 Å². The molecule has 0 saturated carbocycles. The molecule has 0 aliphatic carbocycles. The Hall–Kier alpha value is -1.52. The summed E-state index contributed by atoms with van der Waals surface area (Å²) in [4.78, 5) is 12.1. The molecular formula is C14H17ClN2O2. The quantitative estimate of drug-likeness (QED) is 0.834. The normalized spacial score (nSPS) is 13.7. The Morgan fingerprint density at radius 2 is 2.21 bits per heavy atom. The number of hydrogen-bond acceptors (Lipinski definition) is 3. The number of ether oxygens (including phenoxy) is 1. The number of anilines is 1. The number of rotatable bonds is 4. The molecule has 102 valence electrons. The first-order valence-corrected chi connectivity index (χ1v) is 6.62. The summed E-state index contributed by atoms with van der Waals surface area (Å²) < 4.78 is 5.47. The maximum Gasteiger partial charge on any atom is 0.251 e. The van der Waals surface area contributed by atoms with Crippen LogP contribution in [0.25, 0.3) is 0 Å². The Labute approximate surface area is 117 Å². The predicted molar refractivity (Wildman–Crippen MR) is 76.8 cm³/mol. The second kappa shape index (κ2) is 6.08. The minimum absolute atomic E-state index is 0.111. The van der Waals surface area contributed by atoms with Gasteiger partial charge >= 0.3 is 0 Å². The van der Waals surface area contributed by atoms with Crippen LogP contribution in [0.4, 0.5) is 5.69 Å². The average molecular weight is 281 g/mol. The highest BCUT2D eigenvalue weighted by molar-refractivity contribution is 6.31. The number of carbonyl (C=O) groups is 1. The fourth-order valence-electron chi connectivity index (χ4n) is 1.77. The zero-order chi connectivity index (χ0) is 13.8. The average Bonchev–Trinajstić information content (AvgIpc) is 2.30. The first-order valence-electron chi connectivity index (χ1n) is 6.25. The van der Waals surface area contributed by atoms with Crippen LogP contribution in [0.3, 0.4) is 0 Å². The van der Waals surface area contributed by atoms with Gasteiger partial charge in [0.1, 0.15) is 5.75 Å². The summed E-state index contributed by atoms with van der Waals surface area (Å²) in [5.41, 5.74) is 2.49. The molecule has 1 aromatic rings. The standard InChI is InChI=1S/C14H17ClN2O2/c1-3-19-13-5-4-11(15)6-12(13)17-14(18)9(2)10-7-16-8-10/h4-6,16H,3,7-8H2,1-2H3,(H,17,18). The van der Waals surface area contributed by atoms with Crippen molar-refractivity contribution in [3.63, 3.8) is 0 Å². The van der Waals surface area contributed by atoms with Crippen molar-refractivity contribution in [3.8, 4) is 5.75 Å². The van der Waals surface area contributed by atoms with Crippen LogP contribution in [0.15, 0.2) is 29.3 Å². The van der Waals surface area contributed by atoms with Gasteiger partial charge in [-0.15, -0.1) is 0 Å². The first-order chi connectivity index (χ1) is 9.11. The van der Waals surface area contributed by atoms with Gasteiger partial charge in [-0.1, -0.05) is 11.6 Å². The summed E-state index contributed by atoms with van der Waals surface area (Å²) >= 11 is 5.95. The van der Waals surface area contributed by atoms with E-state index < -0.39 is 0 Å². The molecule has 4 nitrogen and oxygen atoms in total. The molecule has 0 aromatic heterocycles. The fourth-order valence-corrected chi connectivity index (χ4v) is 1.95. The van der Waals surface area contributed by atoms with Gasteiger partial charge in [0.25, 0.3) is 5.91 Å². The van der Waals surface area contributed by atoms with Gasteiger partial charge in [0.05, 0.1) is 12.3 Å². The molecule has 1 amide bonds. The molecule has 1 aliphatic heterocycles. The SMILES string of the molecule is CCOc1ccc(Cl)cc1NC(=O)C(C)=C1CNC1. The molecule has 19 heavy (non-hydrogen) atoms. The summed E-state index contributed by atoms with van der Waals surface area (Å²) in [6.07, 6.45) is 0. The topological polar surface area (TPSA) is 50.4 Å². The lowest BCUT2D eigenvalue weighted by molar-refractivity contribution is -0.112. The van der Waals surface area contributed by atoms with E-state index in [1.54, 1.807) is 18.2 Å². The van der Waals surface area contributed by atoms with E-state index >= 15 is 0 Å². The van der Waals surface area contributed by atoms with Crippen molar-refractivity contribution in [2.24, 2.45) is 0 Å². The molecule has 2 N–H and O–H groups in total. The largest absolute Gasteiger partial charge is 0.492 e.